The molecular weight excluding hydrogens is 276 g/mol. The van der Waals surface area contributed by atoms with Gasteiger partial charge in [0.2, 0.25) is 0 Å². The smallest absolute Gasteiger partial charge is 0.305 e. The van der Waals surface area contributed by atoms with Gasteiger partial charge in [0.15, 0.2) is 4.21 Å². The number of ether oxygens (including phenoxy) is 1. The number of aromatic amines is 1. The first-order valence-electron chi connectivity index (χ1n) is 5.67. The highest BCUT2D eigenvalue weighted by molar-refractivity contribution is 7.91. The standard InChI is InChI=1S/C10H16N2O4S2/c1-6-9(17-10(13)11-6)18(14,15)12-7-3-4-8(5-7)16-2/h7-8,12H,3-5H2,1-2H3,(H,11,13). The topological polar surface area (TPSA) is 88.3 Å². The Morgan fingerprint density at radius 3 is 2.67 bits per heavy atom. The van der Waals surface area contributed by atoms with E-state index in [1.807, 2.05) is 0 Å². The molecule has 1 saturated carbocycles. The number of H-pyrrole nitrogens is 1. The minimum Gasteiger partial charge on any atom is -0.381 e. The van der Waals surface area contributed by atoms with Gasteiger partial charge in [-0.15, -0.1) is 0 Å². The lowest BCUT2D eigenvalue weighted by molar-refractivity contribution is 0.107. The number of aromatic nitrogens is 1. The molecule has 8 heteroatoms. The third-order valence-corrected chi connectivity index (χ3v) is 6.19. The second kappa shape index (κ2) is 5.12. The molecule has 0 spiro atoms. The van der Waals surface area contributed by atoms with Crippen molar-refractivity contribution in [1.82, 2.24) is 9.71 Å². The van der Waals surface area contributed by atoms with Gasteiger partial charge in [-0.05, 0) is 26.2 Å². The van der Waals surface area contributed by atoms with Crippen molar-refractivity contribution in [2.45, 2.75) is 42.5 Å². The summed E-state index contributed by atoms with van der Waals surface area (Å²) in [5.41, 5.74) is 0.388. The summed E-state index contributed by atoms with van der Waals surface area (Å²) >= 11 is 0.718. The Bertz CT molecular complexity index is 575. The molecule has 1 aromatic rings. The Morgan fingerprint density at radius 1 is 1.44 bits per heavy atom. The summed E-state index contributed by atoms with van der Waals surface area (Å²) in [7, 11) is -1.97. The fraction of sp³-hybridized carbons (Fsp3) is 0.700. The lowest BCUT2D eigenvalue weighted by atomic mass is 10.3. The number of nitrogens with one attached hydrogen (secondary N) is 2. The van der Waals surface area contributed by atoms with E-state index in [1.165, 1.54) is 0 Å². The van der Waals surface area contributed by atoms with Crippen LogP contribution in [-0.4, -0.2) is 32.7 Å². The number of hydrogen-bond donors (Lipinski definition) is 2. The highest BCUT2D eigenvalue weighted by Gasteiger charge is 2.30. The molecule has 1 aliphatic rings. The van der Waals surface area contributed by atoms with Gasteiger partial charge in [0.05, 0.1) is 6.10 Å². The number of sulfonamides is 1. The van der Waals surface area contributed by atoms with Crippen molar-refractivity contribution >= 4 is 21.4 Å². The summed E-state index contributed by atoms with van der Waals surface area (Å²) in [6, 6.07) is -0.114. The van der Waals surface area contributed by atoms with Crippen molar-refractivity contribution in [3.8, 4) is 0 Å². The predicted molar refractivity (Wildman–Crippen MR) is 68.4 cm³/mol. The van der Waals surface area contributed by atoms with Crippen molar-refractivity contribution in [3.05, 3.63) is 15.4 Å². The first-order valence-corrected chi connectivity index (χ1v) is 7.97. The SMILES string of the molecule is COC1CCC(NS(=O)(=O)c2sc(=O)[nH]c2C)C1. The highest BCUT2D eigenvalue weighted by Crippen LogP contribution is 2.24. The Balaban J connectivity index is 2.13. The first kappa shape index (κ1) is 13.7. The van der Waals surface area contributed by atoms with E-state index in [-0.39, 0.29) is 21.2 Å². The zero-order valence-corrected chi connectivity index (χ0v) is 11.9. The normalized spacial score (nSPS) is 24.6. The quantitative estimate of drug-likeness (QED) is 0.850. The van der Waals surface area contributed by atoms with Crippen molar-refractivity contribution < 1.29 is 13.2 Å². The monoisotopic (exact) mass is 292 g/mol. The highest BCUT2D eigenvalue weighted by atomic mass is 32.2. The average molecular weight is 292 g/mol. The first-order chi connectivity index (χ1) is 8.42. The van der Waals surface area contributed by atoms with Crippen LogP contribution in [0.15, 0.2) is 9.00 Å². The Labute approximate surface area is 109 Å². The van der Waals surface area contributed by atoms with E-state index in [9.17, 15) is 13.2 Å². The van der Waals surface area contributed by atoms with E-state index in [0.29, 0.717) is 12.1 Å². The summed E-state index contributed by atoms with van der Waals surface area (Å²) in [4.78, 5) is 13.3. The molecule has 2 unspecified atom stereocenters. The number of aryl methyl sites for hydroxylation is 1. The maximum atomic E-state index is 12.1. The molecule has 2 rings (SSSR count). The van der Waals surface area contributed by atoms with Crippen molar-refractivity contribution in [2.24, 2.45) is 0 Å². The maximum Gasteiger partial charge on any atom is 0.305 e. The van der Waals surface area contributed by atoms with Crippen LogP contribution in [0, 0.1) is 6.92 Å². The molecule has 0 aromatic carbocycles. The van der Waals surface area contributed by atoms with E-state index >= 15 is 0 Å². The van der Waals surface area contributed by atoms with Gasteiger partial charge in [-0.3, -0.25) is 4.79 Å². The van der Waals surface area contributed by atoms with Crippen LogP contribution in [0.3, 0.4) is 0 Å². The summed E-state index contributed by atoms with van der Waals surface area (Å²) in [6.07, 6.45) is 2.40. The lowest BCUT2D eigenvalue weighted by Crippen LogP contribution is -2.33. The third kappa shape index (κ3) is 2.82. The van der Waals surface area contributed by atoms with Gasteiger partial charge in [-0.2, -0.15) is 0 Å². The molecule has 2 atom stereocenters. The van der Waals surface area contributed by atoms with Crippen LogP contribution in [0.4, 0.5) is 0 Å². The van der Waals surface area contributed by atoms with E-state index in [0.717, 1.165) is 24.2 Å². The maximum absolute atomic E-state index is 12.1. The van der Waals surface area contributed by atoms with Crippen molar-refractivity contribution in [2.75, 3.05) is 7.11 Å². The van der Waals surface area contributed by atoms with Gasteiger partial charge < -0.3 is 9.72 Å². The molecule has 0 amide bonds. The molecular formula is C10H16N2O4S2. The minimum atomic E-state index is -3.60. The zero-order chi connectivity index (χ0) is 13.3. The molecule has 0 aliphatic heterocycles. The van der Waals surface area contributed by atoms with Gasteiger partial charge in [-0.1, -0.05) is 11.3 Å². The minimum absolute atomic E-state index is 0.0772. The molecule has 1 aliphatic carbocycles. The number of methoxy groups -OCH3 is 1. The molecule has 6 nitrogen and oxygen atoms in total. The van der Waals surface area contributed by atoms with Crippen LogP contribution in [-0.2, 0) is 14.8 Å². The molecule has 102 valence electrons. The summed E-state index contributed by atoms with van der Waals surface area (Å²) in [5.74, 6) is 0. The average Bonchev–Trinajstić information content (AvgIpc) is 2.84. The van der Waals surface area contributed by atoms with Gasteiger partial charge in [0.1, 0.15) is 0 Å². The molecule has 18 heavy (non-hydrogen) atoms. The Kier molecular flexibility index (Phi) is 3.90. The van der Waals surface area contributed by atoms with Crippen LogP contribution >= 0.6 is 11.3 Å². The molecule has 2 N–H and O–H groups in total. The number of thiazole rings is 1. The largest absolute Gasteiger partial charge is 0.381 e. The molecule has 0 radical (unpaired) electrons. The number of hydrogen-bond acceptors (Lipinski definition) is 5. The molecule has 0 bridgehead atoms. The Morgan fingerprint density at radius 2 is 2.17 bits per heavy atom. The summed E-state index contributed by atoms with van der Waals surface area (Å²) in [5, 5.41) is 0. The van der Waals surface area contributed by atoms with E-state index < -0.39 is 10.0 Å². The van der Waals surface area contributed by atoms with Gasteiger partial charge >= 0.3 is 4.87 Å². The second-order valence-electron chi connectivity index (χ2n) is 4.42. The number of rotatable bonds is 4. The summed E-state index contributed by atoms with van der Waals surface area (Å²) in [6.45, 7) is 1.58. The lowest BCUT2D eigenvalue weighted by Gasteiger charge is -2.12. The van der Waals surface area contributed by atoms with E-state index in [2.05, 4.69) is 9.71 Å². The van der Waals surface area contributed by atoms with Gasteiger partial charge in [0, 0.05) is 18.8 Å². The van der Waals surface area contributed by atoms with Crippen LogP contribution in [0.25, 0.3) is 0 Å². The van der Waals surface area contributed by atoms with Gasteiger partial charge in [0.25, 0.3) is 10.0 Å². The van der Waals surface area contributed by atoms with Crippen LogP contribution in [0.1, 0.15) is 25.0 Å². The fourth-order valence-corrected chi connectivity index (χ4v) is 4.78. The van der Waals surface area contributed by atoms with Crippen molar-refractivity contribution in [3.63, 3.8) is 0 Å². The predicted octanol–water partition coefficient (Wildman–Crippen LogP) is 0.591. The Hall–Kier alpha value is -0.700. The second-order valence-corrected chi connectivity index (χ2v) is 7.31. The summed E-state index contributed by atoms with van der Waals surface area (Å²) < 4.78 is 32.1. The zero-order valence-electron chi connectivity index (χ0n) is 10.2. The molecule has 0 saturated heterocycles. The van der Waals surface area contributed by atoms with Crippen molar-refractivity contribution in [1.29, 1.82) is 0 Å². The fourth-order valence-electron chi connectivity index (χ4n) is 2.18. The van der Waals surface area contributed by atoms with E-state index in [1.54, 1.807) is 14.0 Å². The van der Waals surface area contributed by atoms with Crippen LogP contribution in [0.2, 0.25) is 0 Å². The van der Waals surface area contributed by atoms with Gasteiger partial charge in [-0.25, -0.2) is 13.1 Å². The molecule has 1 fully saturated rings. The van der Waals surface area contributed by atoms with E-state index in [4.69, 9.17) is 4.74 Å². The molecule has 1 aromatic heterocycles. The molecule has 1 heterocycles. The third-order valence-electron chi connectivity index (χ3n) is 3.06. The van der Waals surface area contributed by atoms with Crippen LogP contribution in [0.5, 0.6) is 0 Å². The van der Waals surface area contributed by atoms with Crippen LogP contribution < -0.4 is 9.60 Å².